The van der Waals surface area contributed by atoms with Crippen LogP contribution in [0.1, 0.15) is 39.9 Å². The smallest absolute Gasteiger partial charge is 0.339 e. The number of carbonyl (C=O) groups excluding carboxylic acids is 2. The molecule has 0 saturated carbocycles. The van der Waals surface area contributed by atoms with E-state index in [9.17, 15) is 22.8 Å². The Bertz CT molecular complexity index is 1500. The second-order valence-corrected chi connectivity index (χ2v) is 9.64. The molecule has 2 heterocycles. The van der Waals surface area contributed by atoms with Gasteiger partial charge >= 0.3 is 6.18 Å². The number of hydrogen-bond donors (Lipinski definition) is 1. The number of para-hydroxylation sites is 1. The average Bonchev–Trinajstić information content (AvgIpc) is 3.34. The first-order chi connectivity index (χ1) is 18.2. The molecule has 0 fully saturated rings. The number of nitrogens with zero attached hydrogens (tertiary/aromatic N) is 3. The van der Waals surface area contributed by atoms with Crippen molar-refractivity contribution in [3.8, 4) is 5.69 Å². The molecule has 6 nitrogen and oxygen atoms in total. The van der Waals surface area contributed by atoms with E-state index in [1.807, 2.05) is 61.5 Å². The first-order valence-electron chi connectivity index (χ1n) is 11.9. The number of nitrogens with one attached hydrogen (secondary N) is 1. The summed E-state index contributed by atoms with van der Waals surface area (Å²) < 4.78 is 42.2. The van der Waals surface area contributed by atoms with Crippen LogP contribution in [0.4, 0.5) is 19.0 Å². The molecule has 0 radical (unpaired) electrons. The van der Waals surface area contributed by atoms with Crippen LogP contribution in [0.15, 0.2) is 89.5 Å². The zero-order valence-corrected chi connectivity index (χ0v) is 21.7. The molecule has 5 rings (SSSR count). The van der Waals surface area contributed by atoms with Crippen molar-refractivity contribution in [3.63, 3.8) is 0 Å². The summed E-state index contributed by atoms with van der Waals surface area (Å²) in [6.45, 7) is 2.11. The SMILES string of the molecule is CCN1C(=O)[C@@H](NC(=O)c2cccc(C(F)(F)F)c2)[C@H](c2ccccc2Br)c2cnn(-c3ccccc3)c21. The predicted octanol–water partition coefficient (Wildman–Crippen LogP) is 5.95. The predicted molar refractivity (Wildman–Crippen MR) is 140 cm³/mol. The van der Waals surface area contributed by atoms with E-state index < -0.39 is 35.5 Å². The van der Waals surface area contributed by atoms with Crippen molar-refractivity contribution in [3.05, 3.63) is 112 Å². The molecule has 1 aromatic heterocycles. The van der Waals surface area contributed by atoms with Crippen molar-refractivity contribution in [1.29, 1.82) is 0 Å². The molecule has 0 spiro atoms. The monoisotopic (exact) mass is 582 g/mol. The van der Waals surface area contributed by atoms with Crippen LogP contribution in [-0.4, -0.2) is 34.2 Å². The van der Waals surface area contributed by atoms with Crippen LogP contribution in [0.2, 0.25) is 0 Å². The summed E-state index contributed by atoms with van der Waals surface area (Å²) in [6, 6.07) is 19.8. The second kappa shape index (κ2) is 10.1. The van der Waals surface area contributed by atoms with Crippen molar-refractivity contribution < 1.29 is 22.8 Å². The van der Waals surface area contributed by atoms with Gasteiger partial charge in [0.2, 0.25) is 0 Å². The number of rotatable bonds is 5. The zero-order chi connectivity index (χ0) is 27.0. The van der Waals surface area contributed by atoms with E-state index in [0.29, 0.717) is 17.9 Å². The van der Waals surface area contributed by atoms with Gasteiger partial charge in [-0.3, -0.25) is 14.5 Å². The quantitative estimate of drug-likeness (QED) is 0.316. The lowest BCUT2D eigenvalue weighted by molar-refractivity contribution is -0.137. The fraction of sp³-hybridized carbons (Fsp3) is 0.179. The summed E-state index contributed by atoms with van der Waals surface area (Å²) in [5.41, 5.74) is 1.07. The molecule has 1 N–H and O–H groups in total. The molecule has 0 unspecified atom stereocenters. The Morgan fingerprint density at radius 3 is 2.39 bits per heavy atom. The first-order valence-corrected chi connectivity index (χ1v) is 12.7. The van der Waals surface area contributed by atoms with Crippen LogP contribution in [0.3, 0.4) is 0 Å². The molecule has 2 amide bonds. The standard InChI is InChI=1S/C28H22BrF3N4O2/c1-2-35-26-21(16-33-36(26)19-11-4-3-5-12-19)23(20-13-6-7-14-22(20)29)24(27(35)38)34-25(37)17-9-8-10-18(15-17)28(30,31)32/h3-16,23-24H,2H2,1H3,(H,34,37)/t23-,24+/m1/s1. The van der Waals surface area contributed by atoms with Crippen LogP contribution in [-0.2, 0) is 11.0 Å². The summed E-state index contributed by atoms with van der Waals surface area (Å²) in [7, 11) is 0. The van der Waals surface area contributed by atoms with Gasteiger partial charge in [-0.25, -0.2) is 4.68 Å². The molecule has 38 heavy (non-hydrogen) atoms. The van der Waals surface area contributed by atoms with Gasteiger partial charge < -0.3 is 5.32 Å². The molecular weight excluding hydrogens is 561 g/mol. The summed E-state index contributed by atoms with van der Waals surface area (Å²) in [4.78, 5) is 28.8. The Balaban J connectivity index is 1.63. The van der Waals surface area contributed by atoms with Gasteiger partial charge in [-0.15, -0.1) is 0 Å². The number of benzene rings is 3. The number of fused-ring (bicyclic) bond motifs is 1. The molecule has 194 valence electrons. The third-order valence-corrected chi connectivity index (χ3v) is 7.25. The summed E-state index contributed by atoms with van der Waals surface area (Å²) in [5, 5.41) is 7.32. The van der Waals surface area contributed by atoms with E-state index in [-0.39, 0.29) is 5.56 Å². The highest BCUT2D eigenvalue weighted by molar-refractivity contribution is 9.10. The van der Waals surface area contributed by atoms with E-state index in [1.54, 1.807) is 15.8 Å². The molecule has 0 aliphatic carbocycles. The highest BCUT2D eigenvalue weighted by atomic mass is 79.9. The van der Waals surface area contributed by atoms with Crippen molar-refractivity contribution in [2.45, 2.75) is 25.1 Å². The maximum absolute atomic E-state index is 14.0. The van der Waals surface area contributed by atoms with Gasteiger partial charge in [0.05, 0.1) is 17.4 Å². The molecule has 1 aliphatic rings. The molecular formula is C28H22BrF3N4O2. The normalized spacial score (nSPS) is 17.3. The number of alkyl halides is 3. The van der Waals surface area contributed by atoms with Gasteiger partial charge in [0.15, 0.2) is 0 Å². The molecule has 3 aromatic carbocycles. The fourth-order valence-corrected chi connectivity index (χ4v) is 5.31. The number of halogens is 4. The van der Waals surface area contributed by atoms with E-state index in [1.165, 1.54) is 12.1 Å². The van der Waals surface area contributed by atoms with Gasteiger partial charge in [-0.2, -0.15) is 18.3 Å². The third-order valence-electron chi connectivity index (χ3n) is 6.52. The minimum atomic E-state index is -4.60. The highest BCUT2D eigenvalue weighted by Gasteiger charge is 2.45. The minimum absolute atomic E-state index is 0.188. The Labute approximate surface area is 225 Å². The van der Waals surface area contributed by atoms with Crippen molar-refractivity contribution in [2.75, 3.05) is 11.4 Å². The summed E-state index contributed by atoms with van der Waals surface area (Å²) in [5.74, 6) is -1.24. The Kier molecular flexibility index (Phi) is 6.83. The van der Waals surface area contributed by atoms with E-state index in [4.69, 9.17) is 0 Å². The van der Waals surface area contributed by atoms with Crippen molar-refractivity contribution >= 4 is 33.6 Å². The molecule has 4 aromatic rings. The summed E-state index contributed by atoms with van der Waals surface area (Å²) >= 11 is 3.57. The fourth-order valence-electron chi connectivity index (χ4n) is 4.78. The Hall–Kier alpha value is -3.92. The number of anilines is 1. The lowest BCUT2D eigenvalue weighted by Gasteiger charge is -2.38. The van der Waals surface area contributed by atoms with Crippen molar-refractivity contribution in [1.82, 2.24) is 15.1 Å². The van der Waals surface area contributed by atoms with Gasteiger partial charge in [-0.1, -0.05) is 58.4 Å². The summed E-state index contributed by atoms with van der Waals surface area (Å²) in [6.07, 6.45) is -2.93. The zero-order valence-electron chi connectivity index (χ0n) is 20.1. The molecule has 0 bridgehead atoms. The van der Waals surface area contributed by atoms with Crippen LogP contribution in [0, 0.1) is 0 Å². The number of hydrogen-bond acceptors (Lipinski definition) is 3. The number of carbonyl (C=O) groups is 2. The number of amides is 2. The Morgan fingerprint density at radius 1 is 1.00 bits per heavy atom. The van der Waals surface area contributed by atoms with Gasteiger partial charge in [0.25, 0.3) is 11.8 Å². The third kappa shape index (κ3) is 4.60. The molecule has 0 saturated heterocycles. The molecule has 10 heteroatoms. The van der Waals surface area contributed by atoms with Gasteiger partial charge in [0.1, 0.15) is 11.9 Å². The van der Waals surface area contributed by atoms with Crippen LogP contribution >= 0.6 is 15.9 Å². The maximum atomic E-state index is 14.0. The van der Waals surface area contributed by atoms with Crippen molar-refractivity contribution in [2.24, 2.45) is 0 Å². The highest BCUT2D eigenvalue weighted by Crippen LogP contribution is 2.43. The van der Waals surface area contributed by atoms with Crippen LogP contribution in [0.5, 0.6) is 0 Å². The topological polar surface area (TPSA) is 67.2 Å². The molecule has 2 atom stereocenters. The van der Waals surface area contributed by atoms with Crippen LogP contribution in [0.25, 0.3) is 5.69 Å². The van der Waals surface area contributed by atoms with Gasteiger partial charge in [-0.05, 0) is 48.9 Å². The van der Waals surface area contributed by atoms with E-state index in [2.05, 4.69) is 26.3 Å². The Morgan fingerprint density at radius 2 is 1.71 bits per heavy atom. The largest absolute Gasteiger partial charge is 0.416 e. The second-order valence-electron chi connectivity index (χ2n) is 8.78. The first kappa shape index (κ1) is 25.7. The van der Waals surface area contributed by atoms with Crippen LogP contribution < -0.4 is 10.2 Å². The van der Waals surface area contributed by atoms with Gasteiger partial charge in [0, 0.05) is 28.1 Å². The van der Waals surface area contributed by atoms with E-state index >= 15 is 0 Å². The lowest BCUT2D eigenvalue weighted by atomic mass is 9.82. The minimum Gasteiger partial charge on any atom is -0.339 e. The lowest BCUT2D eigenvalue weighted by Crippen LogP contribution is -2.55. The average molecular weight is 583 g/mol. The number of aromatic nitrogens is 2. The maximum Gasteiger partial charge on any atom is 0.416 e. The molecule has 1 aliphatic heterocycles. The number of likely N-dealkylation sites (N-methyl/N-ethyl adjacent to an activating group) is 1. The van der Waals surface area contributed by atoms with E-state index in [0.717, 1.165) is 27.9 Å².